The molecular weight excluding hydrogens is 353 g/mol. The Hall–Kier alpha value is -2.98. The van der Waals surface area contributed by atoms with Gasteiger partial charge in [-0.1, -0.05) is 6.07 Å². The lowest BCUT2D eigenvalue weighted by Crippen LogP contribution is -2.22. The van der Waals surface area contributed by atoms with Crippen molar-refractivity contribution in [3.05, 3.63) is 62.0 Å². The third-order valence-corrected chi connectivity index (χ3v) is 5.83. The molecule has 0 aliphatic heterocycles. The maximum absolute atomic E-state index is 13.8. The number of anilines is 1. The van der Waals surface area contributed by atoms with E-state index in [0.717, 1.165) is 36.1 Å². The van der Waals surface area contributed by atoms with Gasteiger partial charge in [0.15, 0.2) is 0 Å². The zero-order valence-electron chi connectivity index (χ0n) is 13.7. The van der Waals surface area contributed by atoms with Crippen molar-refractivity contribution < 1.29 is 9.18 Å². The highest BCUT2D eigenvalue weighted by atomic mass is 32.1. The number of fused-ring (bicyclic) bond motifs is 2. The van der Waals surface area contributed by atoms with E-state index >= 15 is 0 Å². The van der Waals surface area contributed by atoms with Crippen LogP contribution in [0.1, 0.15) is 39.2 Å². The zero-order chi connectivity index (χ0) is 18.3. The molecule has 4 rings (SSSR count). The van der Waals surface area contributed by atoms with Gasteiger partial charge in [0.2, 0.25) is 5.43 Å². The van der Waals surface area contributed by atoms with Gasteiger partial charge in [-0.2, -0.15) is 5.26 Å². The third kappa shape index (κ3) is 2.59. The number of H-pyrrole nitrogens is 1. The largest absolute Gasteiger partial charge is 0.358 e. The van der Waals surface area contributed by atoms with Gasteiger partial charge in [0.25, 0.3) is 5.91 Å². The summed E-state index contributed by atoms with van der Waals surface area (Å²) >= 11 is 1.39. The number of hydrogen-bond acceptors (Lipinski definition) is 4. The van der Waals surface area contributed by atoms with Crippen LogP contribution in [-0.4, -0.2) is 10.9 Å². The second-order valence-electron chi connectivity index (χ2n) is 6.17. The van der Waals surface area contributed by atoms with E-state index in [1.54, 1.807) is 0 Å². The van der Waals surface area contributed by atoms with Crippen LogP contribution in [-0.2, 0) is 12.8 Å². The Morgan fingerprint density at radius 2 is 2.12 bits per heavy atom. The summed E-state index contributed by atoms with van der Waals surface area (Å²) in [7, 11) is 0. The first kappa shape index (κ1) is 16.5. The van der Waals surface area contributed by atoms with Crippen LogP contribution in [0.15, 0.2) is 29.2 Å². The quantitative estimate of drug-likeness (QED) is 0.724. The van der Waals surface area contributed by atoms with Crippen molar-refractivity contribution in [2.75, 3.05) is 5.32 Å². The van der Waals surface area contributed by atoms with E-state index in [2.05, 4.69) is 16.4 Å². The summed E-state index contributed by atoms with van der Waals surface area (Å²) in [5.41, 5.74) is 0.905. The molecule has 0 unspecified atom stereocenters. The van der Waals surface area contributed by atoms with Crippen molar-refractivity contribution in [2.45, 2.75) is 25.7 Å². The van der Waals surface area contributed by atoms with Crippen molar-refractivity contribution in [2.24, 2.45) is 0 Å². The third-order valence-electron chi connectivity index (χ3n) is 4.62. The summed E-state index contributed by atoms with van der Waals surface area (Å²) in [4.78, 5) is 29.0. The van der Waals surface area contributed by atoms with Gasteiger partial charge in [-0.25, -0.2) is 4.39 Å². The number of pyridine rings is 1. The van der Waals surface area contributed by atoms with Gasteiger partial charge in [-0.3, -0.25) is 9.59 Å². The Kier molecular flexibility index (Phi) is 4.05. The maximum Gasteiger partial charge on any atom is 0.261 e. The van der Waals surface area contributed by atoms with Gasteiger partial charge >= 0.3 is 0 Å². The molecule has 2 N–H and O–H groups in total. The van der Waals surface area contributed by atoms with Crippen LogP contribution in [0.3, 0.4) is 0 Å². The number of rotatable bonds is 2. The number of amides is 1. The average Bonchev–Trinajstić information content (AvgIpc) is 2.99. The minimum Gasteiger partial charge on any atom is -0.358 e. The summed E-state index contributed by atoms with van der Waals surface area (Å²) in [6, 6.07) is 6.31. The van der Waals surface area contributed by atoms with Gasteiger partial charge in [-0.15, -0.1) is 11.3 Å². The van der Waals surface area contributed by atoms with Crippen molar-refractivity contribution in [1.29, 1.82) is 5.26 Å². The van der Waals surface area contributed by atoms with Crippen molar-refractivity contribution in [3.8, 4) is 6.07 Å². The van der Waals surface area contributed by atoms with Crippen LogP contribution in [0.2, 0.25) is 0 Å². The van der Waals surface area contributed by atoms with Crippen LogP contribution in [0, 0.1) is 17.1 Å². The number of hydrogen-bond donors (Lipinski definition) is 2. The number of aromatic amines is 1. The minimum absolute atomic E-state index is 0.0679. The molecule has 1 amide bonds. The number of thiophene rings is 1. The standard InChI is InChI=1S/C19H14FN3O2S/c20-14-6-3-5-11-16(14)22-9-13(17(11)24)18(25)23-19-12(8-21)10-4-1-2-7-15(10)26-19/h3,5-6,9H,1-2,4,7H2,(H,22,24)(H,23,25). The predicted octanol–water partition coefficient (Wildman–Crippen LogP) is 3.73. The molecular formula is C19H14FN3O2S. The van der Waals surface area contributed by atoms with Crippen LogP contribution < -0.4 is 10.7 Å². The van der Waals surface area contributed by atoms with E-state index in [0.29, 0.717) is 10.6 Å². The number of halogens is 1. The molecule has 1 aliphatic rings. The fourth-order valence-electron chi connectivity index (χ4n) is 3.33. The van der Waals surface area contributed by atoms with Gasteiger partial charge in [0.1, 0.15) is 22.5 Å². The molecule has 1 aliphatic carbocycles. The number of nitriles is 1. The number of aryl methyl sites for hydroxylation is 1. The SMILES string of the molecule is N#Cc1c(NC(=O)c2c[nH]c3c(F)cccc3c2=O)sc2c1CCCC2. The monoisotopic (exact) mass is 367 g/mol. The number of para-hydroxylation sites is 1. The lowest BCUT2D eigenvalue weighted by molar-refractivity contribution is 0.102. The first-order chi connectivity index (χ1) is 12.6. The van der Waals surface area contributed by atoms with Crippen LogP contribution in [0.25, 0.3) is 10.9 Å². The smallest absolute Gasteiger partial charge is 0.261 e. The molecule has 2 aromatic heterocycles. The second kappa shape index (κ2) is 6.39. The first-order valence-electron chi connectivity index (χ1n) is 8.26. The van der Waals surface area contributed by atoms with Crippen LogP contribution >= 0.6 is 11.3 Å². The highest BCUT2D eigenvalue weighted by Crippen LogP contribution is 2.37. The number of aromatic nitrogens is 1. The van der Waals surface area contributed by atoms with E-state index in [1.807, 2.05) is 0 Å². The highest BCUT2D eigenvalue weighted by Gasteiger charge is 2.23. The van der Waals surface area contributed by atoms with E-state index < -0.39 is 17.2 Å². The van der Waals surface area contributed by atoms with E-state index in [1.165, 1.54) is 35.7 Å². The lowest BCUT2D eigenvalue weighted by Gasteiger charge is -2.09. The molecule has 130 valence electrons. The maximum atomic E-state index is 13.8. The molecule has 0 radical (unpaired) electrons. The molecule has 5 nitrogen and oxygen atoms in total. The lowest BCUT2D eigenvalue weighted by atomic mass is 9.96. The summed E-state index contributed by atoms with van der Waals surface area (Å²) in [6.45, 7) is 0. The van der Waals surface area contributed by atoms with Crippen LogP contribution in [0.5, 0.6) is 0 Å². The molecule has 0 saturated carbocycles. The molecule has 1 aromatic carbocycles. The van der Waals surface area contributed by atoms with E-state index in [9.17, 15) is 19.2 Å². The fraction of sp³-hybridized carbons (Fsp3) is 0.211. The van der Waals surface area contributed by atoms with E-state index in [4.69, 9.17) is 0 Å². The Morgan fingerprint density at radius 1 is 1.31 bits per heavy atom. The van der Waals surface area contributed by atoms with Gasteiger partial charge < -0.3 is 10.3 Å². The molecule has 0 atom stereocenters. The predicted molar refractivity (Wildman–Crippen MR) is 98.2 cm³/mol. The Balaban J connectivity index is 1.73. The summed E-state index contributed by atoms with van der Waals surface area (Å²) < 4.78 is 13.8. The molecule has 0 fully saturated rings. The van der Waals surface area contributed by atoms with Crippen molar-refractivity contribution in [1.82, 2.24) is 4.98 Å². The molecule has 3 aromatic rings. The summed E-state index contributed by atoms with van der Waals surface area (Å²) in [6.07, 6.45) is 5.05. The molecule has 0 bridgehead atoms. The van der Waals surface area contributed by atoms with Gasteiger partial charge in [-0.05, 0) is 43.4 Å². The number of carbonyl (C=O) groups is 1. The van der Waals surface area contributed by atoms with Crippen LogP contribution in [0.4, 0.5) is 9.39 Å². The minimum atomic E-state index is -0.604. The van der Waals surface area contributed by atoms with Crippen molar-refractivity contribution >= 4 is 33.1 Å². The van der Waals surface area contributed by atoms with E-state index in [-0.39, 0.29) is 16.5 Å². The number of nitrogens with one attached hydrogen (secondary N) is 2. The molecule has 26 heavy (non-hydrogen) atoms. The Morgan fingerprint density at radius 3 is 2.92 bits per heavy atom. The Bertz CT molecular complexity index is 1140. The highest BCUT2D eigenvalue weighted by molar-refractivity contribution is 7.16. The van der Waals surface area contributed by atoms with Crippen molar-refractivity contribution in [3.63, 3.8) is 0 Å². The average molecular weight is 367 g/mol. The summed E-state index contributed by atoms with van der Waals surface area (Å²) in [5, 5.41) is 12.8. The summed E-state index contributed by atoms with van der Waals surface area (Å²) in [5.74, 6) is -1.16. The topological polar surface area (TPSA) is 85.8 Å². The van der Waals surface area contributed by atoms with Gasteiger partial charge in [0, 0.05) is 16.5 Å². The number of carbonyl (C=O) groups excluding carboxylic acids is 1. The molecule has 0 spiro atoms. The number of benzene rings is 1. The molecule has 7 heteroatoms. The number of nitrogens with zero attached hydrogens (tertiary/aromatic N) is 1. The Labute approximate surface area is 152 Å². The fourth-order valence-corrected chi connectivity index (χ4v) is 4.56. The zero-order valence-corrected chi connectivity index (χ0v) is 14.5. The first-order valence-corrected chi connectivity index (χ1v) is 9.07. The van der Waals surface area contributed by atoms with Gasteiger partial charge in [0.05, 0.1) is 11.1 Å². The normalized spacial score (nSPS) is 13.2. The second-order valence-corrected chi connectivity index (χ2v) is 7.28. The molecule has 0 saturated heterocycles. The molecule has 2 heterocycles.